The van der Waals surface area contributed by atoms with E-state index in [0.29, 0.717) is 32.6 Å². The molecule has 0 aliphatic carbocycles. The van der Waals surface area contributed by atoms with Gasteiger partial charge in [-0.15, -0.1) is 0 Å². The topological polar surface area (TPSA) is 127 Å². The molecule has 0 radical (unpaired) electrons. The lowest BCUT2D eigenvalue weighted by atomic mass is 9.95. The molecular weight excluding hydrogens is 511 g/mol. The number of hydrogen-bond acceptors (Lipinski definition) is 7. The van der Waals surface area contributed by atoms with Crippen molar-refractivity contribution in [3.8, 4) is 11.5 Å². The zero-order valence-electron chi connectivity index (χ0n) is 19.7. The van der Waals surface area contributed by atoms with E-state index in [9.17, 15) is 14.4 Å². The van der Waals surface area contributed by atoms with Gasteiger partial charge in [0, 0.05) is 5.70 Å². The minimum Gasteiger partial charge on any atom is -0.493 e. The first-order valence-corrected chi connectivity index (χ1v) is 11.5. The van der Waals surface area contributed by atoms with E-state index < -0.39 is 23.9 Å². The van der Waals surface area contributed by atoms with Crippen molar-refractivity contribution in [1.29, 1.82) is 0 Å². The minimum atomic E-state index is -0.764. The molecular formula is C24H24Cl2N4O6. The fourth-order valence-electron chi connectivity index (χ4n) is 3.35. The standard InChI is InChI=1S/C24H24Cl2N4O6/c1-4-35-23(32)21-13(2)28-24(33)29-22(21)15-6-8-18(19(10-15)34-3)36-12-20(31)30-27-11-14-5-7-16(25)17(26)9-14/h5-11,22H,4,12H2,1-3H3,(H,30,31)(H2,28,29,33)/b27-11-/t22-/m1/s1. The normalized spacial score (nSPS) is 15.2. The van der Waals surface area contributed by atoms with Crippen LogP contribution < -0.4 is 25.5 Å². The van der Waals surface area contributed by atoms with Crippen molar-refractivity contribution in [3.63, 3.8) is 0 Å². The Morgan fingerprint density at radius 3 is 2.61 bits per heavy atom. The lowest BCUT2D eigenvalue weighted by Gasteiger charge is -2.28. The van der Waals surface area contributed by atoms with E-state index in [1.165, 1.54) is 13.3 Å². The highest BCUT2D eigenvalue weighted by molar-refractivity contribution is 6.42. The summed E-state index contributed by atoms with van der Waals surface area (Å²) in [5, 5.41) is 9.94. The molecule has 3 N–H and O–H groups in total. The number of methoxy groups -OCH3 is 1. The van der Waals surface area contributed by atoms with Crippen molar-refractivity contribution >= 4 is 47.3 Å². The Morgan fingerprint density at radius 1 is 1.14 bits per heavy atom. The number of urea groups is 1. The molecule has 10 nitrogen and oxygen atoms in total. The van der Waals surface area contributed by atoms with Crippen molar-refractivity contribution in [2.75, 3.05) is 20.3 Å². The van der Waals surface area contributed by atoms with Gasteiger partial charge in [0.2, 0.25) is 0 Å². The fourth-order valence-corrected chi connectivity index (χ4v) is 3.66. The van der Waals surface area contributed by atoms with E-state index in [2.05, 4.69) is 21.2 Å². The highest BCUT2D eigenvalue weighted by Gasteiger charge is 2.32. The van der Waals surface area contributed by atoms with Crippen LogP contribution in [0.1, 0.15) is 31.0 Å². The van der Waals surface area contributed by atoms with Crippen LogP contribution in [0.5, 0.6) is 11.5 Å². The smallest absolute Gasteiger partial charge is 0.338 e. The van der Waals surface area contributed by atoms with Crippen molar-refractivity contribution in [3.05, 3.63) is 68.8 Å². The molecule has 0 saturated carbocycles. The van der Waals surface area contributed by atoms with Gasteiger partial charge in [-0.05, 0) is 49.2 Å². The maximum atomic E-state index is 12.5. The second-order valence-corrected chi connectivity index (χ2v) is 8.27. The molecule has 1 aliphatic heterocycles. The van der Waals surface area contributed by atoms with E-state index in [1.807, 2.05) is 0 Å². The third-order valence-corrected chi connectivity index (χ3v) is 5.73. The summed E-state index contributed by atoms with van der Waals surface area (Å²) in [4.78, 5) is 36.7. The Kier molecular flexibility index (Phi) is 9.15. The largest absolute Gasteiger partial charge is 0.493 e. The van der Waals surface area contributed by atoms with Gasteiger partial charge in [-0.1, -0.05) is 35.3 Å². The van der Waals surface area contributed by atoms with Crippen molar-refractivity contribution in [2.45, 2.75) is 19.9 Å². The molecule has 2 aromatic rings. The van der Waals surface area contributed by atoms with E-state index >= 15 is 0 Å². The van der Waals surface area contributed by atoms with Gasteiger partial charge in [0.15, 0.2) is 18.1 Å². The Bertz CT molecular complexity index is 1230. The molecule has 36 heavy (non-hydrogen) atoms. The van der Waals surface area contributed by atoms with Crippen LogP contribution in [0.2, 0.25) is 10.0 Å². The Hall–Kier alpha value is -3.76. The van der Waals surface area contributed by atoms with E-state index in [1.54, 1.807) is 50.2 Å². The number of rotatable bonds is 9. The first-order chi connectivity index (χ1) is 17.2. The average Bonchev–Trinajstić information content (AvgIpc) is 2.84. The van der Waals surface area contributed by atoms with Gasteiger partial charge in [0.25, 0.3) is 5.91 Å². The number of hydrogen-bond donors (Lipinski definition) is 3. The number of allylic oxidation sites excluding steroid dienone is 1. The predicted molar refractivity (Wildman–Crippen MR) is 134 cm³/mol. The maximum Gasteiger partial charge on any atom is 0.338 e. The summed E-state index contributed by atoms with van der Waals surface area (Å²) >= 11 is 11.8. The van der Waals surface area contributed by atoms with Crippen molar-refractivity contribution < 1.29 is 28.6 Å². The number of halogens is 2. The molecule has 0 unspecified atom stereocenters. The summed E-state index contributed by atoms with van der Waals surface area (Å²) in [5.74, 6) is -0.479. The number of carbonyl (C=O) groups is 3. The van der Waals surface area contributed by atoms with Gasteiger partial charge in [-0.3, -0.25) is 4.79 Å². The fraction of sp³-hybridized carbons (Fsp3) is 0.250. The molecule has 0 spiro atoms. The Morgan fingerprint density at radius 2 is 1.92 bits per heavy atom. The molecule has 190 valence electrons. The first kappa shape index (κ1) is 26.8. The number of ether oxygens (including phenoxy) is 3. The molecule has 0 saturated heterocycles. The summed E-state index contributed by atoms with van der Waals surface area (Å²) in [6.07, 6.45) is 1.42. The number of amides is 3. The summed E-state index contributed by atoms with van der Waals surface area (Å²) < 4.78 is 16.1. The van der Waals surface area contributed by atoms with Gasteiger partial charge in [0.1, 0.15) is 0 Å². The van der Waals surface area contributed by atoms with Gasteiger partial charge in [-0.2, -0.15) is 5.10 Å². The van der Waals surface area contributed by atoms with Crippen LogP contribution in [0.3, 0.4) is 0 Å². The van der Waals surface area contributed by atoms with Crippen LogP contribution in [0, 0.1) is 0 Å². The lowest BCUT2D eigenvalue weighted by molar-refractivity contribution is -0.139. The summed E-state index contributed by atoms with van der Waals surface area (Å²) in [6.45, 7) is 3.16. The lowest BCUT2D eigenvalue weighted by Crippen LogP contribution is -2.45. The molecule has 12 heteroatoms. The Balaban J connectivity index is 1.68. The van der Waals surface area contributed by atoms with Crippen LogP contribution >= 0.6 is 23.2 Å². The number of esters is 1. The SMILES string of the molecule is CCOC(=O)C1=C(C)NC(=O)N[C@@H]1c1ccc(OCC(=O)N/N=C\c2ccc(Cl)c(Cl)c2)c(OC)c1. The number of nitrogens with zero attached hydrogens (tertiary/aromatic N) is 1. The molecule has 1 atom stereocenters. The molecule has 2 aromatic carbocycles. The molecule has 1 heterocycles. The number of hydrazone groups is 1. The first-order valence-electron chi connectivity index (χ1n) is 10.8. The number of carbonyl (C=O) groups excluding carboxylic acids is 3. The molecule has 0 aromatic heterocycles. The molecule has 0 fully saturated rings. The predicted octanol–water partition coefficient (Wildman–Crippen LogP) is 3.72. The van der Waals surface area contributed by atoms with Crippen molar-refractivity contribution in [1.82, 2.24) is 16.1 Å². The molecule has 3 rings (SSSR count). The summed E-state index contributed by atoms with van der Waals surface area (Å²) in [5.41, 5.74) is 4.23. The quantitative estimate of drug-likeness (QED) is 0.255. The van der Waals surface area contributed by atoms with E-state index in [0.717, 1.165) is 0 Å². The number of benzene rings is 2. The Labute approximate surface area is 217 Å². The zero-order chi connectivity index (χ0) is 26.2. The van der Waals surface area contributed by atoms with Crippen LogP contribution in [0.25, 0.3) is 0 Å². The minimum absolute atomic E-state index is 0.186. The maximum absolute atomic E-state index is 12.5. The van der Waals surface area contributed by atoms with Crippen molar-refractivity contribution in [2.24, 2.45) is 5.10 Å². The zero-order valence-corrected chi connectivity index (χ0v) is 21.2. The van der Waals surface area contributed by atoms with Gasteiger partial charge in [-0.25, -0.2) is 15.0 Å². The third-order valence-electron chi connectivity index (χ3n) is 4.99. The highest BCUT2D eigenvalue weighted by atomic mass is 35.5. The second-order valence-electron chi connectivity index (χ2n) is 7.46. The highest BCUT2D eigenvalue weighted by Crippen LogP contribution is 2.34. The van der Waals surface area contributed by atoms with E-state index in [4.69, 9.17) is 37.4 Å². The summed E-state index contributed by atoms with van der Waals surface area (Å²) in [6, 6.07) is 8.54. The molecule has 1 aliphatic rings. The van der Waals surface area contributed by atoms with Crippen LogP contribution in [-0.4, -0.2) is 44.4 Å². The molecule has 0 bridgehead atoms. The van der Waals surface area contributed by atoms with Crippen LogP contribution in [0.15, 0.2) is 52.8 Å². The van der Waals surface area contributed by atoms with Crippen LogP contribution in [-0.2, 0) is 14.3 Å². The number of nitrogens with one attached hydrogen (secondary N) is 3. The van der Waals surface area contributed by atoms with Gasteiger partial charge in [0.05, 0.1) is 41.6 Å². The second kappa shape index (κ2) is 12.3. The third kappa shape index (κ3) is 6.67. The summed E-state index contributed by atoms with van der Waals surface area (Å²) in [7, 11) is 1.43. The molecule has 3 amide bonds. The van der Waals surface area contributed by atoms with Crippen LogP contribution in [0.4, 0.5) is 4.79 Å². The average molecular weight is 535 g/mol. The van der Waals surface area contributed by atoms with Gasteiger partial charge < -0.3 is 24.8 Å². The monoisotopic (exact) mass is 534 g/mol. The van der Waals surface area contributed by atoms with Gasteiger partial charge >= 0.3 is 12.0 Å². The van der Waals surface area contributed by atoms with E-state index in [-0.39, 0.29) is 24.5 Å².